The number of hydrogen-bond acceptors (Lipinski definition) is 3. The molecule has 0 radical (unpaired) electrons. The summed E-state index contributed by atoms with van der Waals surface area (Å²) in [5.74, 6) is 0. The molecule has 0 fully saturated rings. The first kappa shape index (κ1) is 14.5. The average molecular weight is 291 g/mol. The van der Waals surface area contributed by atoms with E-state index < -0.39 is 0 Å². The maximum atomic E-state index is 11.1. The van der Waals surface area contributed by atoms with Gasteiger partial charge in [0.05, 0.1) is 4.92 Å². The molecule has 0 saturated carbocycles. The number of nitrogens with one attached hydrogen (secondary N) is 1. The fraction of sp³-hybridized carbons (Fsp3) is 0.200. The van der Waals surface area contributed by atoms with Crippen molar-refractivity contribution >= 4 is 17.3 Å². The van der Waals surface area contributed by atoms with Crippen LogP contribution < -0.4 is 5.32 Å². The Kier molecular flexibility index (Phi) is 4.71. The van der Waals surface area contributed by atoms with E-state index in [1.54, 1.807) is 12.1 Å². The van der Waals surface area contributed by atoms with Crippen LogP contribution in [0.5, 0.6) is 0 Å². The Labute approximate surface area is 122 Å². The van der Waals surface area contributed by atoms with Crippen molar-refractivity contribution < 1.29 is 4.92 Å². The first-order valence-electron chi connectivity index (χ1n) is 6.27. The SMILES string of the molecule is CNC(Cc1ccccc1[N+](=O)[O-])c1ccccc1Cl. The third-order valence-corrected chi connectivity index (χ3v) is 3.59. The van der Waals surface area contributed by atoms with Gasteiger partial charge in [-0.25, -0.2) is 0 Å². The minimum atomic E-state index is -0.353. The third-order valence-electron chi connectivity index (χ3n) is 3.24. The van der Waals surface area contributed by atoms with Gasteiger partial charge in [-0.3, -0.25) is 10.1 Å². The van der Waals surface area contributed by atoms with Crippen LogP contribution in [0.3, 0.4) is 0 Å². The standard InChI is InChI=1S/C15H15ClN2O2/c1-17-14(12-7-3-4-8-13(12)16)10-11-6-2-5-9-15(11)18(19)20/h2-9,14,17H,10H2,1H3. The molecule has 0 aliphatic heterocycles. The van der Waals surface area contributed by atoms with Gasteiger partial charge in [0.2, 0.25) is 0 Å². The summed E-state index contributed by atoms with van der Waals surface area (Å²) in [5, 5.41) is 14.9. The topological polar surface area (TPSA) is 55.2 Å². The zero-order valence-electron chi connectivity index (χ0n) is 11.0. The van der Waals surface area contributed by atoms with Crippen molar-refractivity contribution in [2.24, 2.45) is 0 Å². The minimum Gasteiger partial charge on any atom is -0.313 e. The van der Waals surface area contributed by atoms with E-state index >= 15 is 0 Å². The van der Waals surface area contributed by atoms with Crippen molar-refractivity contribution in [3.8, 4) is 0 Å². The summed E-state index contributed by atoms with van der Waals surface area (Å²) in [4.78, 5) is 10.7. The summed E-state index contributed by atoms with van der Waals surface area (Å²) in [7, 11) is 1.82. The maximum Gasteiger partial charge on any atom is 0.272 e. The van der Waals surface area contributed by atoms with E-state index in [9.17, 15) is 10.1 Å². The van der Waals surface area contributed by atoms with E-state index in [0.717, 1.165) is 5.56 Å². The summed E-state index contributed by atoms with van der Waals surface area (Å²) in [6, 6.07) is 14.2. The summed E-state index contributed by atoms with van der Waals surface area (Å²) in [6.45, 7) is 0. The summed E-state index contributed by atoms with van der Waals surface area (Å²) in [6.07, 6.45) is 0.511. The van der Waals surface area contributed by atoms with E-state index in [1.807, 2.05) is 37.4 Å². The smallest absolute Gasteiger partial charge is 0.272 e. The zero-order valence-corrected chi connectivity index (χ0v) is 11.8. The number of para-hydroxylation sites is 1. The van der Waals surface area contributed by atoms with E-state index in [4.69, 9.17) is 11.6 Å². The molecule has 0 aromatic heterocycles. The molecule has 0 spiro atoms. The minimum absolute atomic E-state index is 0.0650. The Hall–Kier alpha value is -1.91. The number of halogens is 1. The van der Waals surface area contributed by atoms with Crippen LogP contribution in [-0.2, 0) is 6.42 Å². The Morgan fingerprint density at radius 1 is 1.20 bits per heavy atom. The highest BCUT2D eigenvalue weighted by Crippen LogP contribution is 2.28. The quantitative estimate of drug-likeness (QED) is 0.674. The first-order valence-corrected chi connectivity index (χ1v) is 6.65. The van der Waals surface area contributed by atoms with Crippen LogP contribution in [0.15, 0.2) is 48.5 Å². The normalized spacial score (nSPS) is 12.1. The highest BCUT2D eigenvalue weighted by Gasteiger charge is 2.19. The Bertz CT molecular complexity index is 616. The number of nitro groups is 1. The van der Waals surface area contributed by atoms with Crippen LogP contribution >= 0.6 is 11.6 Å². The van der Waals surface area contributed by atoms with E-state index in [2.05, 4.69) is 5.32 Å². The molecule has 2 aromatic rings. The molecule has 20 heavy (non-hydrogen) atoms. The molecule has 0 bridgehead atoms. The van der Waals surface area contributed by atoms with Crippen LogP contribution in [-0.4, -0.2) is 12.0 Å². The summed E-state index contributed by atoms with van der Waals surface area (Å²) in [5.41, 5.74) is 1.77. The second kappa shape index (κ2) is 6.50. The van der Waals surface area contributed by atoms with E-state index in [0.29, 0.717) is 17.0 Å². The predicted molar refractivity (Wildman–Crippen MR) is 80.1 cm³/mol. The van der Waals surface area contributed by atoms with Gasteiger partial charge in [-0.05, 0) is 25.1 Å². The van der Waals surface area contributed by atoms with Gasteiger partial charge in [-0.1, -0.05) is 48.0 Å². The van der Waals surface area contributed by atoms with Gasteiger partial charge in [0.15, 0.2) is 0 Å². The van der Waals surface area contributed by atoms with Crippen molar-refractivity contribution in [3.63, 3.8) is 0 Å². The van der Waals surface area contributed by atoms with Crippen molar-refractivity contribution in [1.29, 1.82) is 0 Å². The number of nitro benzene ring substituents is 1. The summed E-state index contributed by atoms with van der Waals surface area (Å²) >= 11 is 6.19. The molecule has 0 saturated heterocycles. The van der Waals surface area contributed by atoms with Crippen LogP contribution in [0.4, 0.5) is 5.69 Å². The Balaban J connectivity index is 2.32. The fourth-order valence-electron chi connectivity index (χ4n) is 2.21. The predicted octanol–water partition coefficient (Wildman–Crippen LogP) is 3.75. The maximum absolute atomic E-state index is 11.1. The molecule has 0 aliphatic rings. The lowest BCUT2D eigenvalue weighted by Gasteiger charge is -2.18. The molecule has 5 heteroatoms. The molecule has 1 unspecified atom stereocenters. The van der Waals surface area contributed by atoms with Crippen molar-refractivity contribution in [2.75, 3.05) is 7.05 Å². The molecule has 1 atom stereocenters. The van der Waals surface area contributed by atoms with Gasteiger partial charge in [0, 0.05) is 22.7 Å². The van der Waals surface area contributed by atoms with E-state index in [1.165, 1.54) is 6.07 Å². The van der Waals surface area contributed by atoms with Crippen LogP contribution in [0.2, 0.25) is 5.02 Å². The molecule has 4 nitrogen and oxygen atoms in total. The van der Waals surface area contributed by atoms with Crippen molar-refractivity contribution in [2.45, 2.75) is 12.5 Å². The number of benzene rings is 2. The molecular weight excluding hydrogens is 276 g/mol. The van der Waals surface area contributed by atoms with E-state index in [-0.39, 0.29) is 16.7 Å². The molecule has 0 aliphatic carbocycles. The van der Waals surface area contributed by atoms with Crippen LogP contribution in [0, 0.1) is 10.1 Å². The monoisotopic (exact) mass is 290 g/mol. The zero-order chi connectivity index (χ0) is 14.5. The van der Waals surface area contributed by atoms with Crippen LogP contribution in [0.25, 0.3) is 0 Å². The highest BCUT2D eigenvalue weighted by atomic mass is 35.5. The molecule has 0 amide bonds. The lowest BCUT2D eigenvalue weighted by Crippen LogP contribution is -2.19. The third kappa shape index (κ3) is 3.15. The highest BCUT2D eigenvalue weighted by molar-refractivity contribution is 6.31. The van der Waals surface area contributed by atoms with Crippen molar-refractivity contribution in [3.05, 3.63) is 74.8 Å². The van der Waals surface area contributed by atoms with Gasteiger partial charge in [-0.15, -0.1) is 0 Å². The van der Waals surface area contributed by atoms with Crippen molar-refractivity contribution in [1.82, 2.24) is 5.32 Å². The Morgan fingerprint density at radius 2 is 1.85 bits per heavy atom. The Morgan fingerprint density at radius 3 is 2.50 bits per heavy atom. The molecule has 2 rings (SSSR count). The van der Waals surface area contributed by atoms with Crippen LogP contribution in [0.1, 0.15) is 17.2 Å². The number of nitrogens with zero attached hydrogens (tertiary/aromatic N) is 1. The molecule has 0 heterocycles. The second-order valence-corrected chi connectivity index (χ2v) is 4.86. The van der Waals surface area contributed by atoms with Gasteiger partial charge < -0.3 is 5.32 Å². The molecule has 1 N–H and O–H groups in total. The first-order chi connectivity index (χ1) is 9.63. The lowest BCUT2D eigenvalue weighted by molar-refractivity contribution is -0.385. The second-order valence-electron chi connectivity index (χ2n) is 4.45. The summed E-state index contributed by atoms with van der Waals surface area (Å²) < 4.78 is 0. The largest absolute Gasteiger partial charge is 0.313 e. The van der Waals surface area contributed by atoms with Gasteiger partial charge in [0.1, 0.15) is 0 Å². The fourth-order valence-corrected chi connectivity index (χ4v) is 2.47. The number of likely N-dealkylation sites (N-methyl/N-ethyl adjacent to an activating group) is 1. The van der Waals surface area contributed by atoms with Gasteiger partial charge in [0.25, 0.3) is 5.69 Å². The van der Waals surface area contributed by atoms with Gasteiger partial charge >= 0.3 is 0 Å². The number of hydrogen-bond donors (Lipinski definition) is 1. The molecular formula is C15H15ClN2O2. The number of rotatable bonds is 5. The lowest BCUT2D eigenvalue weighted by atomic mass is 9.98. The molecule has 2 aromatic carbocycles. The van der Waals surface area contributed by atoms with Gasteiger partial charge in [-0.2, -0.15) is 0 Å². The average Bonchev–Trinajstić information content (AvgIpc) is 2.46. The molecule has 104 valence electrons.